The second-order valence-electron chi connectivity index (χ2n) is 6.47. The molecule has 0 aliphatic rings. The summed E-state index contributed by atoms with van der Waals surface area (Å²) in [6.45, 7) is 15.0. The topological polar surface area (TPSA) is 92.9 Å². The molecule has 0 aliphatic heterocycles. The highest BCUT2D eigenvalue weighted by atomic mass is 32.1. The van der Waals surface area contributed by atoms with Gasteiger partial charge in [-0.25, -0.2) is 9.83 Å². The third-order valence-electron chi connectivity index (χ3n) is 3.62. The van der Waals surface area contributed by atoms with Gasteiger partial charge in [-0.05, 0) is 31.9 Å². The molecule has 1 amide bonds. The average molecular weight is 387 g/mol. The molecule has 1 unspecified atom stereocenters. The molecule has 1 aromatic heterocycles. The Labute approximate surface area is 161 Å². The molecule has 0 bridgehead atoms. The summed E-state index contributed by atoms with van der Waals surface area (Å²) < 4.78 is 5.66. The second kappa shape index (κ2) is 8.64. The van der Waals surface area contributed by atoms with Crippen molar-refractivity contribution >= 4 is 28.9 Å². The molecule has 1 atom stereocenters. The standard InChI is InChI=1S/C19H21N3O4S/c1-10(2)9-26-15-7-6-13(8-14(15)20-5)18-22-11(3)16(27-18)17(23)21-12(4)19(24)25/h6-8,10,12H,9H2,1-4H3,(H,21,23)(H,24,25). The van der Waals surface area contributed by atoms with Crippen LogP contribution in [0.2, 0.25) is 0 Å². The maximum atomic E-state index is 12.3. The lowest BCUT2D eigenvalue weighted by molar-refractivity contribution is -0.138. The quantitative estimate of drug-likeness (QED) is 0.703. The lowest BCUT2D eigenvalue weighted by Crippen LogP contribution is -2.38. The van der Waals surface area contributed by atoms with Gasteiger partial charge in [0.2, 0.25) is 5.69 Å². The summed E-state index contributed by atoms with van der Waals surface area (Å²) in [4.78, 5) is 31.5. The van der Waals surface area contributed by atoms with Crippen molar-refractivity contribution in [2.45, 2.75) is 33.7 Å². The van der Waals surface area contributed by atoms with Crippen molar-refractivity contribution in [1.82, 2.24) is 10.3 Å². The van der Waals surface area contributed by atoms with E-state index in [1.807, 2.05) is 13.8 Å². The zero-order valence-corrected chi connectivity index (χ0v) is 16.4. The molecule has 0 fully saturated rings. The Balaban J connectivity index is 2.28. The van der Waals surface area contributed by atoms with E-state index in [1.165, 1.54) is 6.92 Å². The number of aromatic nitrogens is 1. The highest BCUT2D eigenvalue weighted by molar-refractivity contribution is 7.17. The molecule has 2 rings (SSSR count). The van der Waals surface area contributed by atoms with E-state index in [-0.39, 0.29) is 0 Å². The van der Waals surface area contributed by atoms with Crippen molar-refractivity contribution in [3.8, 4) is 16.3 Å². The Bertz CT molecular complexity index is 899. The molecule has 2 N–H and O–H groups in total. The summed E-state index contributed by atoms with van der Waals surface area (Å²) in [7, 11) is 0. The first-order valence-electron chi connectivity index (χ1n) is 8.38. The zero-order chi connectivity index (χ0) is 20.1. The van der Waals surface area contributed by atoms with Crippen molar-refractivity contribution < 1.29 is 19.4 Å². The van der Waals surface area contributed by atoms with Gasteiger partial charge in [0, 0.05) is 5.56 Å². The van der Waals surface area contributed by atoms with Crippen LogP contribution in [0.3, 0.4) is 0 Å². The summed E-state index contributed by atoms with van der Waals surface area (Å²) in [6.07, 6.45) is 0. The molecule has 0 radical (unpaired) electrons. The van der Waals surface area contributed by atoms with E-state index in [4.69, 9.17) is 16.4 Å². The minimum Gasteiger partial charge on any atom is -0.504 e. The molecule has 27 heavy (non-hydrogen) atoms. The molecule has 2 aromatic rings. The van der Waals surface area contributed by atoms with Crippen molar-refractivity contribution in [3.05, 3.63) is 40.2 Å². The largest absolute Gasteiger partial charge is 0.504 e. The minimum atomic E-state index is -1.11. The lowest BCUT2D eigenvalue weighted by atomic mass is 10.2. The van der Waals surface area contributed by atoms with E-state index < -0.39 is 17.9 Å². The SMILES string of the molecule is [C-]#[N+]c1cc(-c2nc(C)c(C(=O)NC(C)C(=O)O)s2)ccc1OCC(C)C. The molecule has 0 saturated carbocycles. The van der Waals surface area contributed by atoms with Gasteiger partial charge in [0.05, 0.1) is 18.9 Å². The number of benzene rings is 1. The van der Waals surface area contributed by atoms with Crippen LogP contribution in [0.15, 0.2) is 18.2 Å². The number of hydrogen-bond acceptors (Lipinski definition) is 5. The number of carboxylic acids is 1. The molecule has 1 aromatic carbocycles. The smallest absolute Gasteiger partial charge is 0.325 e. The normalized spacial score (nSPS) is 11.7. The monoisotopic (exact) mass is 387 g/mol. The van der Waals surface area contributed by atoms with Crippen LogP contribution >= 0.6 is 11.3 Å². The fraction of sp³-hybridized carbons (Fsp3) is 0.368. The number of nitrogens with zero attached hydrogens (tertiary/aromatic N) is 2. The van der Waals surface area contributed by atoms with E-state index in [0.717, 1.165) is 11.3 Å². The van der Waals surface area contributed by atoms with Gasteiger partial charge in [-0.15, -0.1) is 11.3 Å². The lowest BCUT2D eigenvalue weighted by Gasteiger charge is -2.11. The van der Waals surface area contributed by atoms with E-state index in [9.17, 15) is 9.59 Å². The number of amides is 1. The molecule has 1 heterocycles. The number of carbonyl (C=O) groups excluding carboxylic acids is 1. The molecule has 8 heteroatoms. The van der Waals surface area contributed by atoms with Crippen LogP contribution in [0.4, 0.5) is 5.69 Å². The molecule has 0 spiro atoms. The number of thiazole rings is 1. The Kier molecular flexibility index (Phi) is 6.53. The van der Waals surface area contributed by atoms with Crippen LogP contribution in [0.5, 0.6) is 5.75 Å². The van der Waals surface area contributed by atoms with Crippen molar-refractivity contribution in [2.75, 3.05) is 6.61 Å². The van der Waals surface area contributed by atoms with Crippen molar-refractivity contribution in [2.24, 2.45) is 5.92 Å². The van der Waals surface area contributed by atoms with Crippen molar-refractivity contribution in [1.29, 1.82) is 0 Å². The Hall–Kier alpha value is -2.92. The van der Waals surface area contributed by atoms with Crippen LogP contribution < -0.4 is 10.1 Å². The van der Waals surface area contributed by atoms with E-state index in [1.54, 1.807) is 25.1 Å². The predicted molar refractivity (Wildman–Crippen MR) is 103 cm³/mol. The fourth-order valence-electron chi connectivity index (χ4n) is 2.17. The number of carboxylic acid groups (broad SMARTS) is 1. The summed E-state index contributed by atoms with van der Waals surface area (Å²) in [5.41, 5.74) is 1.59. The summed E-state index contributed by atoms with van der Waals surface area (Å²) in [6, 6.07) is 4.22. The van der Waals surface area contributed by atoms with Gasteiger partial charge in [0.15, 0.2) is 0 Å². The van der Waals surface area contributed by atoms with Crippen LogP contribution in [-0.2, 0) is 4.79 Å². The number of nitrogens with one attached hydrogen (secondary N) is 1. The zero-order valence-electron chi connectivity index (χ0n) is 15.6. The van der Waals surface area contributed by atoms with Crippen LogP contribution in [0.25, 0.3) is 15.4 Å². The van der Waals surface area contributed by atoms with E-state index in [0.29, 0.717) is 45.1 Å². The van der Waals surface area contributed by atoms with Crippen molar-refractivity contribution in [3.63, 3.8) is 0 Å². The first kappa shape index (κ1) is 20.4. The van der Waals surface area contributed by atoms with Crippen LogP contribution in [0.1, 0.15) is 36.1 Å². The number of carbonyl (C=O) groups is 2. The van der Waals surface area contributed by atoms with Crippen LogP contribution in [0, 0.1) is 19.4 Å². The van der Waals surface area contributed by atoms with Gasteiger partial charge < -0.3 is 15.2 Å². The summed E-state index contributed by atoms with van der Waals surface area (Å²) in [5.74, 6) is -0.721. The van der Waals surface area contributed by atoms with Gasteiger partial charge in [-0.3, -0.25) is 9.59 Å². The van der Waals surface area contributed by atoms with Gasteiger partial charge in [0.25, 0.3) is 5.91 Å². The third-order valence-corrected chi connectivity index (χ3v) is 4.82. The Morgan fingerprint density at radius 1 is 1.37 bits per heavy atom. The number of hydrogen-bond donors (Lipinski definition) is 2. The van der Waals surface area contributed by atoms with E-state index >= 15 is 0 Å². The first-order valence-corrected chi connectivity index (χ1v) is 9.20. The van der Waals surface area contributed by atoms with E-state index in [2.05, 4.69) is 15.1 Å². The summed E-state index contributed by atoms with van der Waals surface area (Å²) >= 11 is 1.16. The third kappa shape index (κ3) is 5.05. The molecular formula is C19H21N3O4S. The predicted octanol–water partition coefficient (Wildman–Crippen LogP) is 3.91. The van der Waals surface area contributed by atoms with Crippen LogP contribution in [-0.4, -0.2) is 34.6 Å². The van der Waals surface area contributed by atoms with Gasteiger partial charge in [0.1, 0.15) is 21.7 Å². The molecule has 0 aliphatic carbocycles. The number of rotatable bonds is 7. The number of aliphatic carboxylic acids is 1. The van der Waals surface area contributed by atoms with Gasteiger partial charge in [-0.2, -0.15) is 0 Å². The fourth-order valence-corrected chi connectivity index (χ4v) is 3.14. The Morgan fingerprint density at radius 3 is 2.67 bits per heavy atom. The first-order chi connectivity index (χ1) is 12.7. The average Bonchev–Trinajstić information content (AvgIpc) is 3.01. The molecule has 7 nitrogen and oxygen atoms in total. The molecule has 142 valence electrons. The maximum absolute atomic E-state index is 12.3. The molecular weight excluding hydrogens is 366 g/mol. The maximum Gasteiger partial charge on any atom is 0.325 e. The summed E-state index contributed by atoms with van der Waals surface area (Å²) in [5, 5.41) is 11.9. The number of aryl methyl sites for hydroxylation is 1. The highest BCUT2D eigenvalue weighted by Gasteiger charge is 2.21. The number of ether oxygens (including phenoxy) is 1. The van der Waals surface area contributed by atoms with Gasteiger partial charge in [-0.1, -0.05) is 19.9 Å². The Morgan fingerprint density at radius 2 is 2.07 bits per heavy atom. The molecule has 0 saturated heterocycles. The second-order valence-corrected chi connectivity index (χ2v) is 7.47. The van der Waals surface area contributed by atoms with Gasteiger partial charge >= 0.3 is 5.97 Å². The minimum absolute atomic E-state index is 0.346. The highest BCUT2D eigenvalue weighted by Crippen LogP contribution is 2.35.